The van der Waals surface area contributed by atoms with E-state index in [0.717, 1.165) is 24.8 Å². The summed E-state index contributed by atoms with van der Waals surface area (Å²) in [6, 6.07) is 7.57. The Bertz CT molecular complexity index is 354. The van der Waals surface area contributed by atoms with Gasteiger partial charge in [0.25, 0.3) is 0 Å². The predicted molar refractivity (Wildman–Crippen MR) is 86.2 cm³/mol. The van der Waals surface area contributed by atoms with Crippen LogP contribution in [0, 0.1) is 6.92 Å². The molecule has 1 rings (SSSR count). The fourth-order valence-corrected chi connectivity index (χ4v) is 1.90. The number of carbonyl (C=O) groups is 1. The first-order chi connectivity index (χ1) is 9.51. The van der Waals surface area contributed by atoms with Crippen LogP contribution in [0.25, 0.3) is 0 Å². The molecule has 2 heteroatoms. The van der Waals surface area contributed by atoms with Crippen molar-refractivity contribution in [3.63, 3.8) is 0 Å². The number of hydrogen-bond acceptors (Lipinski definition) is 2. The number of Topliss-reactive ketones (excluding diaryl/α,β-unsaturated/α-hetero) is 1. The van der Waals surface area contributed by atoms with E-state index in [1.54, 1.807) is 6.92 Å². The van der Waals surface area contributed by atoms with E-state index in [1.165, 1.54) is 24.8 Å². The lowest BCUT2D eigenvalue weighted by Crippen LogP contribution is -2.04. The Hall–Kier alpha value is -1.15. The topological polar surface area (TPSA) is 37.3 Å². The van der Waals surface area contributed by atoms with Crippen LogP contribution >= 0.6 is 0 Å². The SMILES string of the molecule is CC(=O)c1ccc(C)cc1.CCCCCC(O)CCC. The van der Waals surface area contributed by atoms with E-state index >= 15 is 0 Å². The van der Waals surface area contributed by atoms with Gasteiger partial charge in [0.15, 0.2) is 5.78 Å². The van der Waals surface area contributed by atoms with Gasteiger partial charge in [-0.15, -0.1) is 0 Å². The number of carbonyl (C=O) groups excluding carboxylic acids is 1. The maximum atomic E-state index is 10.8. The molecule has 1 atom stereocenters. The second kappa shape index (κ2) is 11.7. The molecule has 0 amide bonds. The summed E-state index contributed by atoms with van der Waals surface area (Å²) in [6.07, 6.45) is 6.76. The zero-order valence-corrected chi connectivity index (χ0v) is 13.5. The van der Waals surface area contributed by atoms with Gasteiger partial charge in [0, 0.05) is 5.56 Å². The number of ketones is 1. The summed E-state index contributed by atoms with van der Waals surface area (Å²) in [7, 11) is 0. The van der Waals surface area contributed by atoms with Crippen LogP contribution in [0.5, 0.6) is 0 Å². The van der Waals surface area contributed by atoms with Gasteiger partial charge in [-0.1, -0.05) is 69.4 Å². The first-order valence-corrected chi connectivity index (χ1v) is 7.76. The number of unbranched alkanes of at least 4 members (excludes halogenated alkanes) is 2. The second-order valence-electron chi connectivity index (χ2n) is 5.36. The fraction of sp³-hybridized carbons (Fsp3) is 0.611. The van der Waals surface area contributed by atoms with Crippen molar-refractivity contribution < 1.29 is 9.90 Å². The third-order valence-electron chi connectivity index (χ3n) is 3.22. The van der Waals surface area contributed by atoms with Crippen LogP contribution in [-0.2, 0) is 0 Å². The molecule has 1 aromatic carbocycles. The van der Waals surface area contributed by atoms with Gasteiger partial charge in [-0.05, 0) is 26.7 Å². The quantitative estimate of drug-likeness (QED) is 0.567. The van der Waals surface area contributed by atoms with Crippen molar-refractivity contribution in [3.05, 3.63) is 35.4 Å². The van der Waals surface area contributed by atoms with Gasteiger partial charge in [-0.25, -0.2) is 0 Å². The lowest BCUT2D eigenvalue weighted by Gasteiger charge is -2.07. The van der Waals surface area contributed by atoms with E-state index in [-0.39, 0.29) is 11.9 Å². The Kier molecular flexibility index (Phi) is 11.0. The summed E-state index contributed by atoms with van der Waals surface area (Å²) in [4.78, 5) is 10.8. The largest absolute Gasteiger partial charge is 0.393 e. The fourth-order valence-electron chi connectivity index (χ4n) is 1.90. The zero-order chi connectivity index (χ0) is 15.4. The molecule has 0 aliphatic rings. The zero-order valence-electron chi connectivity index (χ0n) is 13.5. The highest BCUT2D eigenvalue weighted by molar-refractivity contribution is 5.93. The van der Waals surface area contributed by atoms with Crippen molar-refractivity contribution in [1.82, 2.24) is 0 Å². The maximum Gasteiger partial charge on any atom is 0.159 e. The van der Waals surface area contributed by atoms with Crippen molar-refractivity contribution in [1.29, 1.82) is 0 Å². The first-order valence-electron chi connectivity index (χ1n) is 7.76. The van der Waals surface area contributed by atoms with Crippen LogP contribution in [0.3, 0.4) is 0 Å². The normalized spacial score (nSPS) is 11.4. The molecule has 0 aromatic heterocycles. The van der Waals surface area contributed by atoms with Gasteiger partial charge < -0.3 is 5.11 Å². The number of aliphatic hydroxyl groups excluding tert-OH is 1. The van der Waals surface area contributed by atoms with Gasteiger partial charge in [0.05, 0.1) is 6.10 Å². The van der Waals surface area contributed by atoms with Crippen LogP contribution in [0.2, 0.25) is 0 Å². The highest BCUT2D eigenvalue weighted by Crippen LogP contribution is 2.07. The highest BCUT2D eigenvalue weighted by atomic mass is 16.3. The number of rotatable bonds is 7. The maximum absolute atomic E-state index is 10.8. The Labute approximate surface area is 124 Å². The Morgan fingerprint density at radius 3 is 2.10 bits per heavy atom. The van der Waals surface area contributed by atoms with Gasteiger partial charge in [-0.2, -0.15) is 0 Å². The molecule has 0 fully saturated rings. The summed E-state index contributed by atoms with van der Waals surface area (Å²) in [5.74, 6) is 0.125. The molecule has 0 saturated carbocycles. The molecule has 1 aromatic rings. The number of hydrogen-bond donors (Lipinski definition) is 1. The third-order valence-corrected chi connectivity index (χ3v) is 3.22. The summed E-state index contributed by atoms with van der Waals surface area (Å²) in [5.41, 5.74) is 1.97. The van der Waals surface area contributed by atoms with Crippen molar-refractivity contribution in [2.24, 2.45) is 0 Å². The van der Waals surface area contributed by atoms with E-state index in [2.05, 4.69) is 13.8 Å². The van der Waals surface area contributed by atoms with Crippen LogP contribution in [0.15, 0.2) is 24.3 Å². The molecule has 1 unspecified atom stereocenters. The monoisotopic (exact) mass is 278 g/mol. The Morgan fingerprint density at radius 1 is 1.05 bits per heavy atom. The van der Waals surface area contributed by atoms with Crippen molar-refractivity contribution in [2.45, 2.75) is 72.3 Å². The van der Waals surface area contributed by atoms with Crippen LogP contribution in [-0.4, -0.2) is 17.0 Å². The molecular weight excluding hydrogens is 248 g/mol. The van der Waals surface area contributed by atoms with E-state index < -0.39 is 0 Å². The average molecular weight is 278 g/mol. The lowest BCUT2D eigenvalue weighted by atomic mass is 10.1. The second-order valence-corrected chi connectivity index (χ2v) is 5.36. The van der Waals surface area contributed by atoms with E-state index in [1.807, 2.05) is 31.2 Å². The lowest BCUT2D eigenvalue weighted by molar-refractivity contribution is 0.101. The minimum absolute atomic E-state index is 0.0310. The molecule has 1 N–H and O–H groups in total. The molecule has 0 radical (unpaired) electrons. The molecular formula is C18H30O2. The summed E-state index contributed by atoms with van der Waals surface area (Å²) in [5, 5.41) is 9.28. The minimum Gasteiger partial charge on any atom is -0.393 e. The van der Waals surface area contributed by atoms with Crippen LogP contribution in [0.1, 0.15) is 75.2 Å². The summed E-state index contributed by atoms with van der Waals surface area (Å²) in [6.45, 7) is 7.88. The third kappa shape index (κ3) is 9.74. The molecule has 0 aliphatic heterocycles. The van der Waals surface area contributed by atoms with Crippen molar-refractivity contribution >= 4 is 5.78 Å². The molecule has 0 spiro atoms. The highest BCUT2D eigenvalue weighted by Gasteiger charge is 2.00. The number of aliphatic hydroxyl groups is 1. The van der Waals surface area contributed by atoms with Gasteiger partial charge >= 0.3 is 0 Å². The van der Waals surface area contributed by atoms with Gasteiger partial charge in [-0.3, -0.25) is 4.79 Å². The van der Waals surface area contributed by atoms with Crippen molar-refractivity contribution in [2.75, 3.05) is 0 Å². The molecule has 2 nitrogen and oxygen atoms in total. The Morgan fingerprint density at radius 2 is 1.65 bits per heavy atom. The average Bonchev–Trinajstić information content (AvgIpc) is 2.40. The number of aryl methyl sites for hydroxylation is 1. The first kappa shape index (κ1) is 18.9. The molecule has 0 bridgehead atoms. The molecule has 0 aliphatic carbocycles. The molecule has 20 heavy (non-hydrogen) atoms. The standard InChI is InChI=1S/C9H10O.C9H20O/c1-7-3-5-9(6-4-7)8(2)10;1-3-5-6-8-9(10)7-4-2/h3-6H,1-2H3;9-10H,3-8H2,1-2H3. The number of benzene rings is 1. The molecule has 0 heterocycles. The van der Waals surface area contributed by atoms with E-state index in [0.29, 0.717) is 0 Å². The smallest absolute Gasteiger partial charge is 0.159 e. The molecule has 0 saturated heterocycles. The Balaban J connectivity index is 0.000000361. The minimum atomic E-state index is -0.0310. The van der Waals surface area contributed by atoms with Crippen LogP contribution < -0.4 is 0 Å². The summed E-state index contributed by atoms with van der Waals surface area (Å²) >= 11 is 0. The molecule has 114 valence electrons. The summed E-state index contributed by atoms with van der Waals surface area (Å²) < 4.78 is 0. The van der Waals surface area contributed by atoms with Gasteiger partial charge in [0.2, 0.25) is 0 Å². The van der Waals surface area contributed by atoms with Crippen molar-refractivity contribution in [3.8, 4) is 0 Å². The predicted octanol–water partition coefficient (Wildman–Crippen LogP) is 4.93. The van der Waals surface area contributed by atoms with E-state index in [4.69, 9.17) is 0 Å². The van der Waals surface area contributed by atoms with Crippen LogP contribution in [0.4, 0.5) is 0 Å². The van der Waals surface area contributed by atoms with Gasteiger partial charge in [0.1, 0.15) is 0 Å². The van der Waals surface area contributed by atoms with E-state index in [9.17, 15) is 9.90 Å².